The van der Waals surface area contributed by atoms with Gasteiger partial charge in [0.05, 0.1) is 21.1 Å². The summed E-state index contributed by atoms with van der Waals surface area (Å²) in [5, 5.41) is 11.9. The molecule has 0 aliphatic rings. The smallest absolute Gasteiger partial charge is 0.0641 e. The van der Waals surface area contributed by atoms with Crippen molar-refractivity contribution in [3.05, 3.63) is 120 Å². The molecule has 1 N–H and O–H groups in total. The van der Waals surface area contributed by atoms with E-state index in [1.165, 1.54) is 47.3 Å². The number of nitrogens with one attached hydrogen (secondary N) is 1. The van der Waals surface area contributed by atoms with Crippen LogP contribution in [0, 0.1) is 0 Å². The third-order valence-electron chi connectivity index (χ3n) is 6.72. The molecule has 0 saturated carbocycles. The third kappa shape index (κ3) is 3.37. The van der Waals surface area contributed by atoms with E-state index in [1.807, 2.05) is 17.4 Å². The van der Waals surface area contributed by atoms with Crippen LogP contribution in [-0.2, 0) is 0 Å². The lowest BCUT2D eigenvalue weighted by atomic mass is 9.93. The van der Waals surface area contributed by atoms with E-state index in [0.717, 1.165) is 16.9 Å². The van der Waals surface area contributed by atoms with Crippen molar-refractivity contribution < 1.29 is 0 Å². The predicted octanol–water partition coefficient (Wildman–Crippen LogP) is 10.4. The lowest BCUT2D eigenvalue weighted by Gasteiger charge is -2.14. The molecule has 1 nitrogen and oxygen atoms in total. The quantitative estimate of drug-likeness (QED) is 0.245. The van der Waals surface area contributed by atoms with Crippen LogP contribution >= 0.6 is 22.9 Å². The first-order valence-electron chi connectivity index (χ1n) is 11.6. The van der Waals surface area contributed by atoms with Gasteiger partial charge in [0.25, 0.3) is 0 Å². The van der Waals surface area contributed by atoms with Crippen molar-refractivity contribution in [3.63, 3.8) is 0 Å². The minimum absolute atomic E-state index is 0.706. The topological polar surface area (TPSA) is 12.0 Å². The first kappa shape index (κ1) is 20.5. The van der Waals surface area contributed by atoms with Crippen LogP contribution in [0.25, 0.3) is 52.8 Å². The van der Waals surface area contributed by atoms with E-state index in [2.05, 4.69) is 115 Å². The maximum Gasteiger partial charge on any atom is 0.0641 e. The van der Waals surface area contributed by atoms with Crippen molar-refractivity contribution in [2.75, 3.05) is 5.32 Å². The Bertz CT molecular complexity index is 1900. The summed E-state index contributed by atoms with van der Waals surface area (Å²) in [5.41, 5.74) is 4.33. The van der Waals surface area contributed by atoms with Gasteiger partial charge in [0.2, 0.25) is 0 Å². The first-order valence-corrected chi connectivity index (χ1v) is 12.8. The number of hydrogen-bond donors (Lipinski definition) is 1. The van der Waals surface area contributed by atoms with E-state index in [1.54, 1.807) is 0 Å². The van der Waals surface area contributed by atoms with Gasteiger partial charge in [0.1, 0.15) is 0 Å². The van der Waals surface area contributed by atoms with Gasteiger partial charge in [0, 0.05) is 15.5 Å². The van der Waals surface area contributed by atoms with Crippen molar-refractivity contribution in [1.82, 2.24) is 0 Å². The molecule has 0 saturated heterocycles. The van der Waals surface area contributed by atoms with E-state index >= 15 is 0 Å². The zero-order valence-electron chi connectivity index (χ0n) is 18.8. The lowest BCUT2D eigenvalue weighted by molar-refractivity contribution is 1.58. The fourth-order valence-corrected chi connectivity index (χ4v) is 6.41. The second-order valence-electron chi connectivity index (χ2n) is 8.79. The fraction of sp³-hybridized carbons (Fsp3) is 0. The first-order chi connectivity index (χ1) is 17.3. The summed E-state index contributed by atoms with van der Waals surface area (Å²) in [6, 6.07) is 40.8. The second kappa shape index (κ2) is 8.13. The van der Waals surface area contributed by atoms with Gasteiger partial charge in [-0.15, -0.1) is 11.3 Å². The maximum atomic E-state index is 6.72. The Morgan fingerprint density at radius 3 is 2.14 bits per heavy atom. The Morgan fingerprint density at radius 1 is 0.543 bits per heavy atom. The number of hydrogen-bond acceptors (Lipinski definition) is 2. The molecule has 1 heterocycles. The van der Waals surface area contributed by atoms with Gasteiger partial charge in [-0.1, -0.05) is 96.5 Å². The standard InChI is InChI=1S/C32H20ClNS/c33-28-17-16-21(27-18-20-8-1-2-9-22(20)23-10-3-4-11-24(23)27)19-30(28)34-29-14-7-13-26-25-12-5-6-15-31(25)35-32(26)29/h1-19,34H. The Morgan fingerprint density at radius 2 is 1.26 bits per heavy atom. The van der Waals surface area contributed by atoms with Crippen molar-refractivity contribution in [2.45, 2.75) is 0 Å². The van der Waals surface area contributed by atoms with Gasteiger partial charge in [-0.3, -0.25) is 0 Å². The molecule has 0 bridgehead atoms. The second-order valence-corrected chi connectivity index (χ2v) is 10.3. The van der Waals surface area contributed by atoms with Crippen molar-refractivity contribution in [1.29, 1.82) is 0 Å². The van der Waals surface area contributed by atoms with Crippen LogP contribution in [0.15, 0.2) is 115 Å². The summed E-state index contributed by atoms with van der Waals surface area (Å²) < 4.78 is 2.53. The molecule has 3 heteroatoms. The van der Waals surface area contributed by atoms with Crippen LogP contribution < -0.4 is 5.32 Å². The molecule has 0 fully saturated rings. The van der Waals surface area contributed by atoms with Gasteiger partial charge >= 0.3 is 0 Å². The summed E-state index contributed by atoms with van der Waals surface area (Å²) in [7, 11) is 0. The van der Waals surface area contributed by atoms with Crippen molar-refractivity contribution in [2.24, 2.45) is 0 Å². The monoisotopic (exact) mass is 485 g/mol. The Labute approximate surface area is 212 Å². The number of thiophene rings is 1. The molecule has 1 aromatic heterocycles. The summed E-state index contributed by atoms with van der Waals surface area (Å²) in [6.45, 7) is 0. The minimum Gasteiger partial charge on any atom is -0.353 e. The van der Waals surface area contributed by atoms with Crippen LogP contribution in [0.1, 0.15) is 0 Å². The molecule has 7 rings (SSSR count). The molecule has 0 aliphatic heterocycles. The number of halogens is 1. The van der Waals surface area contributed by atoms with E-state index in [0.29, 0.717) is 5.02 Å². The number of rotatable bonds is 3. The summed E-state index contributed by atoms with van der Waals surface area (Å²) >= 11 is 8.53. The van der Waals surface area contributed by atoms with Gasteiger partial charge in [-0.25, -0.2) is 0 Å². The van der Waals surface area contributed by atoms with E-state index in [9.17, 15) is 0 Å². The van der Waals surface area contributed by atoms with E-state index in [-0.39, 0.29) is 0 Å². The fourth-order valence-electron chi connectivity index (χ4n) is 5.07. The van der Waals surface area contributed by atoms with Gasteiger partial charge in [0.15, 0.2) is 0 Å². The van der Waals surface area contributed by atoms with Gasteiger partial charge in [-0.05, 0) is 63.0 Å². The SMILES string of the molecule is Clc1ccc(-c2cc3ccccc3c3ccccc23)cc1Nc1cccc2c1sc1ccccc12. The highest BCUT2D eigenvalue weighted by Crippen LogP contribution is 2.41. The zero-order chi connectivity index (χ0) is 23.4. The normalized spacial score (nSPS) is 11.6. The van der Waals surface area contributed by atoms with Crippen LogP contribution in [0.2, 0.25) is 5.02 Å². The third-order valence-corrected chi connectivity index (χ3v) is 8.27. The molecule has 6 aromatic carbocycles. The molecular formula is C32H20ClNS. The maximum absolute atomic E-state index is 6.72. The molecule has 0 aliphatic carbocycles. The molecule has 0 spiro atoms. The molecule has 0 unspecified atom stereocenters. The molecule has 7 aromatic rings. The number of anilines is 2. The van der Waals surface area contributed by atoms with Crippen molar-refractivity contribution >= 4 is 76.0 Å². The summed E-state index contributed by atoms with van der Waals surface area (Å²) in [6.07, 6.45) is 0. The van der Waals surface area contributed by atoms with Crippen LogP contribution in [-0.4, -0.2) is 0 Å². The van der Waals surface area contributed by atoms with Gasteiger partial charge < -0.3 is 5.32 Å². The molecule has 166 valence electrons. The highest BCUT2D eigenvalue weighted by atomic mass is 35.5. The van der Waals surface area contributed by atoms with E-state index < -0.39 is 0 Å². The van der Waals surface area contributed by atoms with Crippen LogP contribution in [0.4, 0.5) is 11.4 Å². The highest BCUT2D eigenvalue weighted by Gasteiger charge is 2.13. The molecule has 0 amide bonds. The molecule has 0 radical (unpaired) electrons. The predicted molar refractivity (Wildman–Crippen MR) is 155 cm³/mol. The average Bonchev–Trinajstić information content (AvgIpc) is 3.29. The van der Waals surface area contributed by atoms with Gasteiger partial charge in [-0.2, -0.15) is 0 Å². The number of fused-ring (bicyclic) bond motifs is 6. The summed E-state index contributed by atoms with van der Waals surface area (Å²) in [5.74, 6) is 0. The van der Waals surface area contributed by atoms with Crippen LogP contribution in [0.5, 0.6) is 0 Å². The largest absolute Gasteiger partial charge is 0.353 e. The average molecular weight is 486 g/mol. The molecule has 35 heavy (non-hydrogen) atoms. The lowest BCUT2D eigenvalue weighted by Crippen LogP contribution is -1.93. The molecule has 0 atom stereocenters. The summed E-state index contributed by atoms with van der Waals surface area (Å²) in [4.78, 5) is 0. The van der Waals surface area contributed by atoms with E-state index in [4.69, 9.17) is 11.6 Å². The van der Waals surface area contributed by atoms with Crippen LogP contribution in [0.3, 0.4) is 0 Å². The zero-order valence-corrected chi connectivity index (χ0v) is 20.3. The minimum atomic E-state index is 0.706. The Kier molecular flexibility index (Phi) is 4.76. The number of benzene rings is 6. The molecular weight excluding hydrogens is 466 g/mol. The Hall–Kier alpha value is -3.85. The Balaban J connectivity index is 1.39. The highest BCUT2D eigenvalue weighted by molar-refractivity contribution is 7.26. The van der Waals surface area contributed by atoms with Crippen molar-refractivity contribution in [3.8, 4) is 11.1 Å².